The van der Waals surface area contributed by atoms with Crippen LogP contribution in [0.5, 0.6) is 0 Å². The van der Waals surface area contributed by atoms with Crippen molar-refractivity contribution in [3.8, 4) is 0 Å². The van der Waals surface area contributed by atoms with E-state index in [0.29, 0.717) is 17.0 Å². The van der Waals surface area contributed by atoms with Crippen LogP contribution in [-0.2, 0) is 9.84 Å². The molecule has 0 saturated heterocycles. The molecule has 2 rings (SSSR count). The summed E-state index contributed by atoms with van der Waals surface area (Å²) in [5, 5.41) is 4.05. The Bertz CT molecular complexity index is 557. The van der Waals surface area contributed by atoms with Crippen LogP contribution in [-0.4, -0.2) is 20.7 Å². The zero-order valence-electron chi connectivity index (χ0n) is 10.0. The van der Waals surface area contributed by atoms with E-state index in [2.05, 4.69) is 12.2 Å². The molecule has 1 N–H and O–H groups in total. The number of sulfone groups is 1. The van der Waals surface area contributed by atoms with Crippen LogP contribution in [0.3, 0.4) is 0 Å². The van der Waals surface area contributed by atoms with Gasteiger partial charge in [0.15, 0.2) is 9.84 Å². The Balaban J connectivity index is 2.55. The van der Waals surface area contributed by atoms with Crippen LogP contribution < -0.4 is 5.32 Å². The minimum Gasteiger partial charge on any atom is -0.310 e. The van der Waals surface area contributed by atoms with E-state index in [1.54, 1.807) is 12.1 Å². The Morgan fingerprint density at radius 3 is 2.67 bits per heavy atom. The maximum Gasteiger partial charge on any atom is 0.180 e. The van der Waals surface area contributed by atoms with Crippen LogP contribution in [0.2, 0.25) is 10.0 Å². The molecule has 6 heteroatoms. The van der Waals surface area contributed by atoms with Crippen molar-refractivity contribution in [1.29, 1.82) is 0 Å². The molecule has 1 unspecified atom stereocenters. The fraction of sp³-hybridized carbons (Fsp3) is 0.500. The standard InChI is InChI=1S/C12H15Cl2NO2S/c1-2-6-15-10-5-7-18(16,17)12-9(14)4-3-8(13)11(10)12/h3-4,10,15H,2,5-7H2,1H3. The molecule has 18 heavy (non-hydrogen) atoms. The zero-order chi connectivity index (χ0) is 13.3. The lowest BCUT2D eigenvalue weighted by Crippen LogP contribution is -2.30. The number of hydrogen-bond donors (Lipinski definition) is 1. The van der Waals surface area contributed by atoms with E-state index in [-0.39, 0.29) is 21.7 Å². The molecule has 1 aliphatic heterocycles. The highest BCUT2D eigenvalue weighted by molar-refractivity contribution is 7.91. The second-order valence-electron chi connectivity index (χ2n) is 4.39. The molecular weight excluding hydrogens is 293 g/mol. The Labute approximate surface area is 117 Å². The first-order valence-electron chi connectivity index (χ1n) is 5.91. The fourth-order valence-corrected chi connectivity index (χ4v) is 4.80. The summed E-state index contributed by atoms with van der Waals surface area (Å²) in [6, 6.07) is 3.17. The van der Waals surface area contributed by atoms with Crippen molar-refractivity contribution in [3.63, 3.8) is 0 Å². The van der Waals surface area contributed by atoms with Gasteiger partial charge in [-0.2, -0.15) is 0 Å². The summed E-state index contributed by atoms with van der Waals surface area (Å²) in [5.41, 5.74) is 0.629. The van der Waals surface area contributed by atoms with Crippen molar-refractivity contribution < 1.29 is 8.42 Å². The Morgan fingerprint density at radius 1 is 1.33 bits per heavy atom. The first kappa shape index (κ1) is 14.1. The van der Waals surface area contributed by atoms with Crippen LogP contribution in [0, 0.1) is 0 Å². The van der Waals surface area contributed by atoms with Crippen molar-refractivity contribution in [2.45, 2.75) is 30.7 Å². The molecule has 3 nitrogen and oxygen atoms in total. The van der Waals surface area contributed by atoms with Crippen LogP contribution in [0.15, 0.2) is 17.0 Å². The largest absolute Gasteiger partial charge is 0.310 e. The second kappa shape index (κ2) is 5.37. The third-order valence-corrected chi connectivity index (χ3v) is 5.66. The van der Waals surface area contributed by atoms with Gasteiger partial charge in [0.25, 0.3) is 0 Å². The van der Waals surface area contributed by atoms with Gasteiger partial charge in [-0.3, -0.25) is 0 Å². The molecule has 0 saturated carbocycles. The highest BCUT2D eigenvalue weighted by atomic mass is 35.5. The molecule has 0 radical (unpaired) electrons. The van der Waals surface area contributed by atoms with Gasteiger partial charge in [0.05, 0.1) is 15.7 Å². The van der Waals surface area contributed by atoms with Crippen LogP contribution in [0.1, 0.15) is 31.4 Å². The number of halogens is 2. The molecule has 0 spiro atoms. The van der Waals surface area contributed by atoms with Crippen molar-refractivity contribution >= 4 is 33.0 Å². The first-order chi connectivity index (χ1) is 8.47. The highest BCUT2D eigenvalue weighted by Gasteiger charge is 2.33. The normalized spacial score (nSPS) is 21.6. The monoisotopic (exact) mass is 307 g/mol. The lowest BCUT2D eigenvalue weighted by Gasteiger charge is -2.28. The van der Waals surface area contributed by atoms with Gasteiger partial charge in [0, 0.05) is 16.6 Å². The maximum atomic E-state index is 12.1. The molecule has 100 valence electrons. The van der Waals surface area contributed by atoms with Gasteiger partial charge in [-0.05, 0) is 31.5 Å². The fourth-order valence-electron chi connectivity index (χ4n) is 2.23. The van der Waals surface area contributed by atoms with Gasteiger partial charge < -0.3 is 5.32 Å². The summed E-state index contributed by atoms with van der Waals surface area (Å²) in [5.74, 6) is 0.113. The minimum atomic E-state index is -3.31. The van der Waals surface area contributed by atoms with Crippen LogP contribution in [0.25, 0.3) is 0 Å². The van der Waals surface area contributed by atoms with Crippen molar-refractivity contribution in [1.82, 2.24) is 5.32 Å². The lowest BCUT2D eigenvalue weighted by atomic mass is 10.0. The van der Waals surface area contributed by atoms with Crippen LogP contribution >= 0.6 is 23.2 Å². The summed E-state index contributed by atoms with van der Waals surface area (Å²) >= 11 is 12.2. The average molecular weight is 308 g/mol. The van der Waals surface area contributed by atoms with Gasteiger partial charge in [-0.15, -0.1) is 0 Å². The molecule has 1 heterocycles. The molecule has 0 aromatic heterocycles. The average Bonchev–Trinajstić information content (AvgIpc) is 2.32. The molecule has 0 fully saturated rings. The van der Waals surface area contributed by atoms with Gasteiger partial charge in [0.1, 0.15) is 0 Å². The number of nitrogens with one attached hydrogen (secondary N) is 1. The predicted molar refractivity (Wildman–Crippen MR) is 74.2 cm³/mol. The Hall–Kier alpha value is -0.290. The first-order valence-corrected chi connectivity index (χ1v) is 8.32. The Kier molecular flexibility index (Phi) is 4.22. The summed E-state index contributed by atoms with van der Waals surface area (Å²) in [4.78, 5) is 0.205. The number of rotatable bonds is 3. The summed E-state index contributed by atoms with van der Waals surface area (Å²) in [7, 11) is -3.31. The van der Waals surface area contributed by atoms with E-state index < -0.39 is 9.84 Å². The topological polar surface area (TPSA) is 46.2 Å². The number of benzene rings is 1. The van der Waals surface area contributed by atoms with Gasteiger partial charge in [-0.25, -0.2) is 8.42 Å². The maximum absolute atomic E-state index is 12.1. The third kappa shape index (κ3) is 2.52. The molecule has 1 aliphatic rings. The van der Waals surface area contributed by atoms with Gasteiger partial charge in [-0.1, -0.05) is 30.1 Å². The van der Waals surface area contributed by atoms with Gasteiger partial charge >= 0.3 is 0 Å². The summed E-state index contributed by atoms with van der Waals surface area (Å²) in [6.45, 7) is 2.89. The quantitative estimate of drug-likeness (QED) is 0.932. The minimum absolute atomic E-state index is 0.0327. The second-order valence-corrected chi connectivity index (χ2v) is 7.25. The molecule has 1 aromatic carbocycles. The number of fused-ring (bicyclic) bond motifs is 1. The lowest BCUT2D eigenvalue weighted by molar-refractivity contribution is 0.492. The number of hydrogen-bond acceptors (Lipinski definition) is 3. The van der Waals surface area contributed by atoms with E-state index in [1.165, 1.54) is 0 Å². The van der Waals surface area contributed by atoms with E-state index in [1.807, 2.05) is 0 Å². The van der Waals surface area contributed by atoms with E-state index in [9.17, 15) is 8.42 Å². The van der Waals surface area contributed by atoms with Gasteiger partial charge in [0.2, 0.25) is 0 Å². The molecule has 0 amide bonds. The third-order valence-electron chi connectivity index (χ3n) is 3.07. The smallest absolute Gasteiger partial charge is 0.180 e. The van der Waals surface area contributed by atoms with Crippen LogP contribution in [0.4, 0.5) is 0 Å². The summed E-state index contributed by atoms with van der Waals surface area (Å²) in [6.07, 6.45) is 1.52. The zero-order valence-corrected chi connectivity index (χ0v) is 12.4. The highest BCUT2D eigenvalue weighted by Crippen LogP contribution is 2.40. The van der Waals surface area contributed by atoms with Crippen molar-refractivity contribution in [2.75, 3.05) is 12.3 Å². The molecule has 1 aromatic rings. The molecule has 0 aliphatic carbocycles. The van der Waals surface area contributed by atoms with Crippen molar-refractivity contribution in [3.05, 3.63) is 27.7 Å². The molecular formula is C12H15Cl2NO2S. The van der Waals surface area contributed by atoms with E-state index >= 15 is 0 Å². The molecule has 1 atom stereocenters. The van der Waals surface area contributed by atoms with E-state index in [4.69, 9.17) is 23.2 Å². The van der Waals surface area contributed by atoms with Crippen molar-refractivity contribution in [2.24, 2.45) is 0 Å². The predicted octanol–water partition coefficient (Wildman–Crippen LogP) is 3.21. The summed E-state index contributed by atoms with van der Waals surface area (Å²) < 4.78 is 24.2. The SMILES string of the molecule is CCCNC1CCS(=O)(=O)c2c(Cl)ccc(Cl)c21. The Morgan fingerprint density at radius 2 is 2.00 bits per heavy atom. The molecule has 0 bridgehead atoms. The van der Waals surface area contributed by atoms with E-state index in [0.717, 1.165) is 13.0 Å².